The van der Waals surface area contributed by atoms with Gasteiger partial charge < -0.3 is 5.73 Å². The predicted molar refractivity (Wildman–Crippen MR) is 80.3 cm³/mol. The van der Waals surface area contributed by atoms with E-state index < -0.39 is 15.8 Å². The Kier molecular flexibility index (Phi) is 4.41. The van der Waals surface area contributed by atoms with Crippen molar-refractivity contribution >= 4 is 31.6 Å². The van der Waals surface area contributed by atoms with Crippen LogP contribution in [0.2, 0.25) is 0 Å². The number of nitrogens with two attached hydrogens (primary N) is 1. The summed E-state index contributed by atoms with van der Waals surface area (Å²) >= 11 is 3.09. The molecule has 0 radical (unpaired) electrons. The second-order valence-corrected chi connectivity index (χ2v) is 7.93. The van der Waals surface area contributed by atoms with Crippen molar-refractivity contribution in [2.24, 2.45) is 0 Å². The van der Waals surface area contributed by atoms with Gasteiger partial charge in [-0.2, -0.15) is 4.31 Å². The van der Waals surface area contributed by atoms with Gasteiger partial charge in [0.1, 0.15) is 10.7 Å². The first kappa shape index (κ1) is 15.7. The average molecular weight is 365 g/mol. The van der Waals surface area contributed by atoms with Crippen LogP contribution in [0.5, 0.6) is 0 Å². The molecule has 0 saturated carbocycles. The Balaban J connectivity index is 2.52. The van der Waals surface area contributed by atoms with E-state index in [2.05, 4.69) is 15.9 Å². The molecule has 1 fully saturated rings. The quantitative estimate of drug-likeness (QED) is 0.819. The van der Waals surface area contributed by atoms with Crippen LogP contribution in [0.15, 0.2) is 21.5 Å². The van der Waals surface area contributed by atoms with Gasteiger partial charge in [0.15, 0.2) is 0 Å². The zero-order valence-electron chi connectivity index (χ0n) is 11.4. The molecule has 2 rings (SSSR count). The fraction of sp³-hybridized carbons (Fsp3) is 0.538. The van der Waals surface area contributed by atoms with Crippen LogP contribution >= 0.6 is 15.9 Å². The largest absolute Gasteiger partial charge is 0.398 e. The van der Waals surface area contributed by atoms with Crippen LogP contribution in [0.3, 0.4) is 0 Å². The lowest BCUT2D eigenvalue weighted by Gasteiger charge is -2.37. The number of nitrogens with zero attached hydrogens (tertiary/aromatic N) is 1. The third kappa shape index (κ3) is 2.71. The van der Waals surface area contributed by atoms with Crippen LogP contribution in [0.1, 0.15) is 33.1 Å². The van der Waals surface area contributed by atoms with Gasteiger partial charge in [-0.05, 0) is 54.8 Å². The summed E-state index contributed by atoms with van der Waals surface area (Å²) in [6.45, 7) is 3.71. The van der Waals surface area contributed by atoms with Crippen molar-refractivity contribution in [3.8, 4) is 0 Å². The SMILES string of the molecule is CC1CCCC(C)N1S(=O)(=O)c1cc(N)c(Br)cc1F. The summed E-state index contributed by atoms with van der Waals surface area (Å²) in [4.78, 5) is -0.348. The molecular weight excluding hydrogens is 347 g/mol. The van der Waals surface area contributed by atoms with Gasteiger partial charge in [-0.1, -0.05) is 6.42 Å². The Bertz CT molecular complexity index is 611. The van der Waals surface area contributed by atoms with Crippen molar-refractivity contribution in [3.05, 3.63) is 22.4 Å². The smallest absolute Gasteiger partial charge is 0.246 e. The first-order valence-electron chi connectivity index (χ1n) is 6.53. The Labute approximate surface area is 127 Å². The molecular formula is C13H18BrFN2O2S. The lowest BCUT2D eigenvalue weighted by Crippen LogP contribution is -2.47. The highest BCUT2D eigenvalue weighted by molar-refractivity contribution is 9.10. The summed E-state index contributed by atoms with van der Waals surface area (Å²) in [6, 6.07) is 2.02. The highest BCUT2D eigenvalue weighted by Gasteiger charge is 2.37. The van der Waals surface area contributed by atoms with Crippen LogP contribution in [0.25, 0.3) is 0 Å². The minimum absolute atomic E-state index is 0.131. The lowest BCUT2D eigenvalue weighted by molar-refractivity contribution is 0.203. The fourth-order valence-corrected chi connectivity index (χ4v) is 5.01. The number of rotatable bonds is 2. The van der Waals surface area contributed by atoms with E-state index in [0.717, 1.165) is 25.3 Å². The fourth-order valence-electron chi connectivity index (χ4n) is 2.73. The summed E-state index contributed by atoms with van der Waals surface area (Å²) in [6.07, 6.45) is 2.56. The van der Waals surface area contributed by atoms with E-state index in [4.69, 9.17) is 5.73 Å². The van der Waals surface area contributed by atoms with Crippen molar-refractivity contribution in [2.75, 3.05) is 5.73 Å². The first-order valence-corrected chi connectivity index (χ1v) is 8.76. The molecule has 2 unspecified atom stereocenters. The zero-order chi connectivity index (χ0) is 15.1. The van der Waals surface area contributed by atoms with Gasteiger partial charge in [-0.25, -0.2) is 12.8 Å². The maximum absolute atomic E-state index is 14.0. The Hall–Kier alpha value is -0.660. The third-order valence-corrected chi connectivity index (χ3v) is 6.55. The van der Waals surface area contributed by atoms with Crippen molar-refractivity contribution in [1.82, 2.24) is 4.31 Å². The van der Waals surface area contributed by atoms with E-state index in [0.29, 0.717) is 4.47 Å². The van der Waals surface area contributed by atoms with Gasteiger partial charge >= 0.3 is 0 Å². The van der Waals surface area contributed by atoms with Crippen LogP contribution in [-0.2, 0) is 10.0 Å². The van der Waals surface area contributed by atoms with E-state index in [1.165, 1.54) is 10.4 Å². The number of hydrogen-bond donors (Lipinski definition) is 1. The number of sulfonamides is 1. The molecule has 1 aromatic carbocycles. The van der Waals surface area contributed by atoms with E-state index >= 15 is 0 Å². The molecule has 7 heteroatoms. The van der Waals surface area contributed by atoms with Crippen molar-refractivity contribution in [2.45, 2.75) is 50.1 Å². The molecule has 1 aliphatic rings. The summed E-state index contributed by atoms with van der Waals surface area (Å²) < 4.78 is 41.2. The number of benzene rings is 1. The minimum Gasteiger partial charge on any atom is -0.398 e. The van der Waals surface area contributed by atoms with Gasteiger partial charge in [0.25, 0.3) is 0 Å². The van der Waals surface area contributed by atoms with Crippen molar-refractivity contribution < 1.29 is 12.8 Å². The molecule has 1 saturated heterocycles. The number of hydrogen-bond acceptors (Lipinski definition) is 3. The molecule has 2 atom stereocenters. The van der Waals surface area contributed by atoms with Gasteiger partial charge in [0, 0.05) is 22.2 Å². The van der Waals surface area contributed by atoms with Gasteiger partial charge in [0.2, 0.25) is 10.0 Å². The number of anilines is 1. The van der Waals surface area contributed by atoms with Gasteiger partial charge in [-0.15, -0.1) is 0 Å². The van der Waals surface area contributed by atoms with E-state index in [-0.39, 0.29) is 22.7 Å². The van der Waals surface area contributed by atoms with Crippen LogP contribution < -0.4 is 5.73 Å². The van der Waals surface area contributed by atoms with Crippen LogP contribution in [-0.4, -0.2) is 24.8 Å². The number of piperidine rings is 1. The lowest BCUT2D eigenvalue weighted by atomic mass is 10.0. The summed E-state index contributed by atoms with van der Waals surface area (Å²) in [5.74, 6) is -0.781. The number of nitrogen functional groups attached to an aromatic ring is 1. The summed E-state index contributed by atoms with van der Waals surface area (Å²) in [5.41, 5.74) is 5.90. The summed E-state index contributed by atoms with van der Waals surface area (Å²) in [5, 5.41) is 0. The average Bonchev–Trinajstić information content (AvgIpc) is 2.33. The third-order valence-electron chi connectivity index (χ3n) is 3.72. The van der Waals surface area contributed by atoms with Crippen molar-refractivity contribution in [1.29, 1.82) is 0 Å². The molecule has 0 aromatic heterocycles. The molecule has 1 heterocycles. The van der Waals surface area contributed by atoms with E-state index in [1.54, 1.807) is 0 Å². The Morgan fingerprint density at radius 1 is 1.30 bits per heavy atom. The molecule has 112 valence electrons. The molecule has 0 aliphatic carbocycles. The maximum Gasteiger partial charge on any atom is 0.246 e. The topological polar surface area (TPSA) is 63.4 Å². The molecule has 20 heavy (non-hydrogen) atoms. The monoisotopic (exact) mass is 364 g/mol. The molecule has 0 amide bonds. The van der Waals surface area contributed by atoms with Crippen molar-refractivity contribution in [3.63, 3.8) is 0 Å². The summed E-state index contributed by atoms with van der Waals surface area (Å²) in [7, 11) is -3.87. The van der Waals surface area contributed by atoms with Crippen LogP contribution in [0, 0.1) is 5.82 Å². The van der Waals surface area contributed by atoms with Gasteiger partial charge in [-0.3, -0.25) is 0 Å². The highest BCUT2D eigenvalue weighted by atomic mass is 79.9. The zero-order valence-corrected chi connectivity index (χ0v) is 13.8. The predicted octanol–water partition coefficient (Wildman–Crippen LogP) is 3.12. The maximum atomic E-state index is 14.0. The molecule has 1 aliphatic heterocycles. The molecule has 4 nitrogen and oxygen atoms in total. The molecule has 2 N–H and O–H groups in total. The second kappa shape index (κ2) is 5.61. The van der Waals surface area contributed by atoms with Crippen LogP contribution in [0.4, 0.5) is 10.1 Å². The first-order chi connectivity index (χ1) is 9.25. The second-order valence-electron chi connectivity index (χ2n) is 5.27. The highest BCUT2D eigenvalue weighted by Crippen LogP contribution is 2.33. The molecule has 1 aromatic rings. The molecule has 0 bridgehead atoms. The standard InChI is InChI=1S/C13H18BrFN2O2S/c1-8-4-3-5-9(2)17(8)20(18,19)13-7-12(16)10(14)6-11(13)15/h6-9H,3-5,16H2,1-2H3. The number of halogens is 2. The van der Waals surface area contributed by atoms with Gasteiger partial charge in [0.05, 0.1) is 0 Å². The Morgan fingerprint density at radius 3 is 2.40 bits per heavy atom. The minimum atomic E-state index is -3.87. The van der Waals surface area contributed by atoms with E-state index in [9.17, 15) is 12.8 Å². The van der Waals surface area contributed by atoms with E-state index in [1.807, 2.05) is 13.8 Å². The molecule has 0 spiro atoms. The Morgan fingerprint density at radius 2 is 1.85 bits per heavy atom. The normalized spacial score (nSPS) is 24.8.